The Morgan fingerprint density at radius 3 is 2.60 bits per heavy atom. The van der Waals surface area contributed by atoms with E-state index in [-0.39, 0.29) is 22.5 Å². The number of fused-ring (bicyclic) bond motifs is 1. The summed E-state index contributed by atoms with van der Waals surface area (Å²) in [5, 5.41) is 9.75. The maximum absolute atomic E-state index is 13.4. The fourth-order valence-electron chi connectivity index (χ4n) is 5.15. The van der Waals surface area contributed by atoms with Crippen molar-refractivity contribution in [1.82, 2.24) is 23.9 Å². The van der Waals surface area contributed by atoms with Crippen molar-refractivity contribution in [2.45, 2.75) is 51.0 Å². The van der Waals surface area contributed by atoms with Crippen LogP contribution in [0.2, 0.25) is 0 Å². The molecule has 1 aliphatic rings. The van der Waals surface area contributed by atoms with Crippen LogP contribution in [-0.2, 0) is 16.6 Å². The van der Waals surface area contributed by atoms with E-state index >= 15 is 0 Å². The number of hydrogen-bond donors (Lipinski definition) is 0. The molecule has 0 saturated carbocycles. The highest BCUT2D eigenvalue weighted by atomic mass is 32.2. The molecule has 5 rings (SSSR count). The molecule has 4 aromatic rings. The minimum atomic E-state index is -3.56. The van der Waals surface area contributed by atoms with E-state index in [1.54, 1.807) is 27.3 Å². The van der Waals surface area contributed by atoms with Gasteiger partial charge in [-0.15, -0.1) is 0 Å². The second kappa shape index (κ2) is 9.20. The van der Waals surface area contributed by atoms with Gasteiger partial charge in [0, 0.05) is 31.2 Å². The number of hydrogen-bond acceptors (Lipinski definition) is 4. The highest BCUT2D eigenvalue weighted by molar-refractivity contribution is 7.89. The van der Waals surface area contributed by atoms with Gasteiger partial charge in [0.1, 0.15) is 10.7 Å². The second-order valence-electron chi connectivity index (χ2n) is 9.48. The van der Waals surface area contributed by atoms with Gasteiger partial charge in [0.05, 0.1) is 23.6 Å². The van der Waals surface area contributed by atoms with E-state index in [0.29, 0.717) is 19.6 Å². The average molecular weight is 496 g/mol. The Bertz CT molecular complexity index is 1460. The zero-order chi connectivity index (χ0) is 24.7. The summed E-state index contributed by atoms with van der Waals surface area (Å²) in [5.74, 6) is 0.135. The fourth-order valence-corrected chi connectivity index (χ4v) is 6.66. The van der Waals surface area contributed by atoms with Crippen LogP contribution in [0.15, 0.2) is 59.9 Å². The van der Waals surface area contributed by atoms with Crippen molar-refractivity contribution in [3.8, 4) is 5.69 Å². The average Bonchev–Trinajstić information content (AvgIpc) is 3.47. The van der Waals surface area contributed by atoms with E-state index < -0.39 is 10.0 Å². The predicted molar refractivity (Wildman–Crippen MR) is 134 cm³/mol. The molecule has 1 saturated heterocycles. The molecule has 0 radical (unpaired) electrons. The quantitative estimate of drug-likeness (QED) is 0.382. The minimum Gasteiger partial charge on any atom is -0.271 e. The lowest BCUT2D eigenvalue weighted by atomic mass is 9.80. The second-order valence-corrected chi connectivity index (χ2v) is 11.4. The Labute approximate surface area is 205 Å². The van der Waals surface area contributed by atoms with E-state index in [0.717, 1.165) is 35.0 Å². The summed E-state index contributed by atoms with van der Waals surface area (Å²) in [6.07, 6.45) is 6.57. The molecule has 2 aromatic carbocycles. The van der Waals surface area contributed by atoms with Crippen molar-refractivity contribution in [2.24, 2.45) is 5.92 Å². The van der Waals surface area contributed by atoms with Gasteiger partial charge in [-0.05, 0) is 79.1 Å². The first-order valence-electron chi connectivity index (χ1n) is 12.0. The Kier molecular flexibility index (Phi) is 6.23. The lowest BCUT2D eigenvalue weighted by Gasteiger charge is -2.36. The van der Waals surface area contributed by atoms with Crippen molar-refractivity contribution in [3.63, 3.8) is 0 Å². The van der Waals surface area contributed by atoms with Gasteiger partial charge >= 0.3 is 0 Å². The zero-order valence-electron chi connectivity index (χ0n) is 20.2. The summed E-state index contributed by atoms with van der Waals surface area (Å²) >= 11 is 0. The van der Waals surface area contributed by atoms with Crippen molar-refractivity contribution < 1.29 is 12.8 Å². The summed E-state index contributed by atoms with van der Waals surface area (Å²) in [6, 6.07) is 10.6. The highest BCUT2D eigenvalue weighted by Gasteiger charge is 2.35. The number of aryl methyl sites for hydroxylation is 2. The normalized spacial score (nSPS) is 19.4. The summed E-state index contributed by atoms with van der Waals surface area (Å²) in [7, 11) is -3.56. The molecule has 9 heteroatoms. The van der Waals surface area contributed by atoms with Gasteiger partial charge in [-0.2, -0.15) is 14.5 Å². The van der Waals surface area contributed by atoms with Crippen LogP contribution < -0.4 is 0 Å². The van der Waals surface area contributed by atoms with Gasteiger partial charge in [0.2, 0.25) is 10.0 Å². The number of aromatic nitrogens is 4. The van der Waals surface area contributed by atoms with E-state index in [9.17, 15) is 12.8 Å². The molecule has 35 heavy (non-hydrogen) atoms. The van der Waals surface area contributed by atoms with Crippen LogP contribution in [0.4, 0.5) is 4.39 Å². The molecule has 2 atom stereocenters. The molecule has 0 spiro atoms. The van der Waals surface area contributed by atoms with Crippen molar-refractivity contribution in [3.05, 3.63) is 71.9 Å². The van der Waals surface area contributed by atoms with Crippen LogP contribution in [0.3, 0.4) is 0 Å². The number of piperidine rings is 1. The minimum absolute atomic E-state index is 0.160. The summed E-state index contributed by atoms with van der Waals surface area (Å²) in [4.78, 5) is 0.266. The first kappa shape index (κ1) is 23.7. The highest BCUT2D eigenvalue weighted by Crippen LogP contribution is 2.38. The number of benzene rings is 2. The van der Waals surface area contributed by atoms with Crippen LogP contribution in [0.25, 0.3) is 16.6 Å². The SMILES string of the molecule is CCCn1cc(S(=O)(=O)N2CC[C@@H](c3cc4cnn(-c5ccc(F)cc5)c4cc3C)[C@@H](C)C2)cn1. The molecule has 0 bridgehead atoms. The van der Waals surface area contributed by atoms with Gasteiger partial charge in [-0.1, -0.05) is 13.8 Å². The van der Waals surface area contributed by atoms with Crippen LogP contribution in [-0.4, -0.2) is 45.4 Å². The molecule has 3 heterocycles. The van der Waals surface area contributed by atoms with Gasteiger partial charge in [-0.25, -0.2) is 17.5 Å². The molecule has 0 N–H and O–H groups in total. The van der Waals surface area contributed by atoms with E-state index in [2.05, 4.69) is 36.2 Å². The molecule has 1 fully saturated rings. The van der Waals surface area contributed by atoms with Crippen LogP contribution >= 0.6 is 0 Å². The molecule has 0 aliphatic carbocycles. The Balaban J connectivity index is 1.38. The smallest absolute Gasteiger partial charge is 0.246 e. The van der Waals surface area contributed by atoms with Gasteiger partial charge in [0.15, 0.2) is 0 Å². The van der Waals surface area contributed by atoms with Crippen molar-refractivity contribution in [1.29, 1.82) is 0 Å². The number of rotatable bonds is 6. The lowest BCUT2D eigenvalue weighted by molar-refractivity contribution is 0.248. The van der Waals surface area contributed by atoms with Gasteiger partial charge in [0.25, 0.3) is 0 Å². The summed E-state index contributed by atoms with van der Waals surface area (Å²) < 4.78 is 44.9. The van der Waals surface area contributed by atoms with Gasteiger partial charge < -0.3 is 0 Å². The topological polar surface area (TPSA) is 73.0 Å². The molecule has 0 unspecified atom stereocenters. The molecule has 0 amide bonds. The Morgan fingerprint density at radius 2 is 1.89 bits per heavy atom. The molecule has 2 aromatic heterocycles. The summed E-state index contributed by atoms with van der Waals surface area (Å²) in [5.41, 5.74) is 4.16. The predicted octanol–water partition coefficient (Wildman–Crippen LogP) is 4.89. The van der Waals surface area contributed by atoms with Crippen LogP contribution in [0, 0.1) is 18.7 Å². The first-order valence-corrected chi connectivity index (χ1v) is 13.5. The third-order valence-corrected chi connectivity index (χ3v) is 8.81. The third-order valence-electron chi connectivity index (χ3n) is 6.99. The molecular weight excluding hydrogens is 465 g/mol. The maximum Gasteiger partial charge on any atom is 0.246 e. The number of halogens is 1. The molecule has 1 aliphatic heterocycles. The van der Waals surface area contributed by atoms with Crippen LogP contribution in [0.1, 0.15) is 43.7 Å². The lowest BCUT2D eigenvalue weighted by Crippen LogP contribution is -2.42. The monoisotopic (exact) mass is 495 g/mol. The van der Waals surface area contributed by atoms with Crippen LogP contribution in [0.5, 0.6) is 0 Å². The van der Waals surface area contributed by atoms with Gasteiger partial charge in [-0.3, -0.25) is 4.68 Å². The Morgan fingerprint density at radius 1 is 1.11 bits per heavy atom. The largest absolute Gasteiger partial charge is 0.271 e. The van der Waals surface area contributed by atoms with E-state index in [1.165, 1.54) is 23.9 Å². The first-order chi connectivity index (χ1) is 16.8. The third kappa shape index (κ3) is 4.38. The van der Waals surface area contributed by atoms with E-state index in [1.807, 2.05) is 17.8 Å². The molecule has 184 valence electrons. The standard InChI is InChI=1S/C26H30FN5O2S/c1-4-10-30-17-23(15-28-30)35(33,34)31-11-9-24(19(3)16-31)25-13-20-14-29-32(26(20)12-18(25)2)22-7-5-21(27)6-8-22/h5-8,12-15,17,19,24H,4,9-11,16H2,1-3H3/t19-,24+/m0/s1. The Hall–Kier alpha value is -3.04. The van der Waals surface area contributed by atoms with E-state index in [4.69, 9.17) is 0 Å². The zero-order valence-corrected chi connectivity index (χ0v) is 21.0. The van der Waals surface area contributed by atoms with Crippen molar-refractivity contribution in [2.75, 3.05) is 13.1 Å². The summed E-state index contributed by atoms with van der Waals surface area (Å²) in [6.45, 7) is 7.90. The fraction of sp³-hybridized carbons (Fsp3) is 0.385. The number of sulfonamides is 1. The molecule has 7 nitrogen and oxygen atoms in total. The van der Waals surface area contributed by atoms with Crippen molar-refractivity contribution >= 4 is 20.9 Å². The maximum atomic E-state index is 13.4. The number of nitrogens with zero attached hydrogens (tertiary/aromatic N) is 5. The molecular formula is C26H30FN5O2S.